The molecule has 1 saturated heterocycles. The van der Waals surface area contributed by atoms with E-state index in [0.29, 0.717) is 11.7 Å². The standard InChI is InChI=1S/C29H28N6/c30-29-25-26(21-8-7-20-9-10-23(33-24(20)15-21)19-5-2-1-3-6-19)34-27(28(25)31-17-32-29)22-13-18(14-22)16-35-11-4-12-35/h1-3,5-10,15,17-18,22,27H,4,11-14,16H2,(H2,30,31,32). The maximum absolute atomic E-state index is 6.40. The third-order valence-electron chi connectivity index (χ3n) is 7.91. The summed E-state index contributed by atoms with van der Waals surface area (Å²) >= 11 is 0. The molecule has 4 heterocycles. The number of pyridine rings is 1. The molecule has 4 aromatic rings. The average molecular weight is 461 g/mol. The number of benzene rings is 2. The fourth-order valence-electron chi connectivity index (χ4n) is 5.85. The molecule has 6 heteroatoms. The summed E-state index contributed by atoms with van der Waals surface area (Å²) in [5, 5.41) is 1.11. The Kier molecular flexibility index (Phi) is 4.87. The Hall–Kier alpha value is -3.64. The lowest BCUT2D eigenvalue weighted by Gasteiger charge is -2.43. The predicted molar refractivity (Wildman–Crippen MR) is 139 cm³/mol. The molecule has 1 unspecified atom stereocenters. The van der Waals surface area contributed by atoms with Crippen LogP contribution in [0.5, 0.6) is 0 Å². The molecule has 2 fully saturated rings. The highest BCUT2D eigenvalue weighted by Crippen LogP contribution is 2.48. The van der Waals surface area contributed by atoms with Gasteiger partial charge in [-0.25, -0.2) is 15.0 Å². The quantitative estimate of drug-likeness (QED) is 0.458. The Bertz CT molecular complexity index is 1440. The van der Waals surface area contributed by atoms with Crippen molar-refractivity contribution in [2.24, 2.45) is 16.8 Å². The molecule has 6 nitrogen and oxygen atoms in total. The van der Waals surface area contributed by atoms with Crippen molar-refractivity contribution in [2.45, 2.75) is 25.3 Å². The lowest BCUT2D eigenvalue weighted by Crippen LogP contribution is -2.44. The fourth-order valence-corrected chi connectivity index (χ4v) is 5.85. The summed E-state index contributed by atoms with van der Waals surface area (Å²) in [6, 6.07) is 20.9. The van der Waals surface area contributed by atoms with E-state index in [1.54, 1.807) is 6.33 Å². The number of hydrogen-bond donors (Lipinski definition) is 1. The van der Waals surface area contributed by atoms with Crippen molar-refractivity contribution in [3.63, 3.8) is 0 Å². The number of aliphatic imine (C=N–C) groups is 1. The summed E-state index contributed by atoms with van der Waals surface area (Å²) in [5.74, 6) is 1.82. The second-order valence-electron chi connectivity index (χ2n) is 10.2. The van der Waals surface area contributed by atoms with Crippen LogP contribution in [-0.2, 0) is 0 Å². The molecule has 1 atom stereocenters. The molecule has 2 N–H and O–H groups in total. The van der Waals surface area contributed by atoms with E-state index in [1.807, 2.05) is 18.2 Å². The Morgan fingerprint density at radius 3 is 2.54 bits per heavy atom. The predicted octanol–water partition coefficient (Wildman–Crippen LogP) is 4.90. The topological polar surface area (TPSA) is 80.3 Å². The summed E-state index contributed by atoms with van der Waals surface area (Å²) in [6.45, 7) is 3.77. The second kappa shape index (κ2) is 8.24. The van der Waals surface area contributed by atoms with Gasteiger partial charge in [-0.1, -0.05) is 48.5 Å². The molecule has 2 aliphatic heterocycles. The van der Waals surface area contributed by atoms with Crippen LogP contribution in [0.2, 0.25) is 0 Å². The van der Waals surface area contributed by atoms with Gasteiger partial charge in [0.2, 0.25) is 0 Å². The van der Waals surface area contributed by atoms with Crippen molar-refractivity contribution in [1.82, 2.24) is 19.9 Å². The van der Waals surface area contributed by atoms with Gasteiger partial charge in [-0.2, -0.15) is 0 Å². The first-order valence-corrected chi connectivity index (χ1v) is 12.6. The van der Waals surface area contributed by atoms with Crippen LogP contribution in [-0.4, -0.2) is 45.2 Å². The Morgan fingerprint density at radius 1 is 0.914 bits per heavy atom. The Balaban J connectivity index is 1.23. The molecule has 0 amide bonds. The zero-order valence-corrected chi connectivity index (χ0v) is 19.6. The van der Waals surface area contributed by atoms with Gasteiger partial charge in [-0.15, -0.1) is 0 Å². The highest BCUT2D eigenvalue weighted by Gasteiger charge is 2.42. The summed E-state index contributed by atoms with van der Waals surface area (Å²) < 4.78 is 0. The van der Waals surface area contributed by atoms with Crippen LogP contribution >= 0.6 is 0 Å². The molecule has 174 valence electrons. The van der Waals surface area contributed by atoms with Crippen molar-refractivity contribution in [1.29, 1.82) is 0 Å². The molecular weight excluding hydrogens is 432 g/mol. The number of aromatic nitrogens is 3. The Morgan fingerprint density at radius 2 is 1.74 bits per heavy atom. The van der Waals surface area contributed by atoms with E-state index in [2.05, 4.69) is 57.3 Å². The van der Waals surface area contributed by atoms with Crippen LogP contribution in [0.25, 0.3) is 22.2 Å². The molecular formula is C29H28N6. The molecule has 35 heavy (non-hydrogen) atoms. The monoisotopic (exact) mass is 460 g/mol. The first kappa shape index (κ1) is 20.7. The average Bonchev–Trinajstić information content (AvgIpc) is 3.22. The zero-order chi connectivity index (χ0) is 23.4. The molecule has 0 spiro atoms. The van der Waals surface area contributed by atoms with Gasteiger partial charge in [0.25, 0.3) is 0 Å². The lowest BCUT2D eigenvalue weighted by molar-refractivity contribution is 0.0767. The van der Waals surface area contributed by atoms with Gasteiger partial charge in [0.05, 0.1) is 34.2 Å². The van der Waals surface area contributed by atoms with E-state index in [9.17, 15) is 0 Å². The van der Waals surface area contributed by atoms with Crippen molar-refractivity contribution in [3.8, 4) is 11.3 Å². The number of nitrogen functional groups attached to an aromatic ring is 1. The minimum Gasteiger partial charge on any atom is -0.383 e. The Labute approximate surface area is 205 Å². The van der Waals surface area contributed by atoms with Gasteiger partial charge in [0.15, 0.2) is 0 Å². The van der Waals surface area contributed by atoms with E-state index in [0.717, 1.165) is 50.6 Å². The lowest BCUT2D eigenvalue weighted by atomic mass is 9.70. The smallest absolute Gasteiger partial charge is 0.136 e. The number of rotatable bonds is 5. The first-order valence-electron chi connectivity index (χ1n) is 12.6. The highest BCUT2D eigenvalue weighted by molar-refractivity contribution is 6.18. The van der Waals surface area contributed by atoms with Crippen LogP contribution in [0, 0.1) is 11.8 Å². The van der Waals surface area contributed by atoms with Crippen LogP contribution in [0.15, 0.2) is 72.0 Å². The molecule has 2 aromatic heterocycles. The van der Waals surface area contributed by atoms with Crippen molar-refractivity contribution in [2.75, 3.05) is 25.4 Å². The molecule has 3 aliphatic rings. The molecule has 7 rings (SSSR count). The summed E-state index contributed by atoms with van der Waals surface area (Å²) in [6.07, 6.45) is 5.36. The number of anilines is 1. The molecule has 0 bridgehead atoms. The number of nitrogens with two attached hydrogens (primary N) is 1. The fraction of sp³-hybridized carbons (Fsp3) is 0.310. The normalized spacial score (nSPS) is 23.4. The molecule has 1 saturated carbocycles. The van der Waals surface area contributed by atoms with Crippen LogP contribution in [0.3, 0.4) is 0 Å². The van der Waals surface area contributed by atoms with E-state index < -0.39 is 0 Å². The van der Waals surface area contributed by atoms with Crippen LogP contribution in [0.1, 0.15) is 42.1 Å². The SMILES string of the molecule is Nc1ncnc2c1C(c1ccc3ccc(-c4ccccc4)nc3c1)=NC2C1CC(CN2CCC2)C1. The van der Waals surface area contributed by atoms with E-state index in [-0.39, 0.29) is 6.04 Å². The number of nitrogens with zero attached hydrogens (tertiary/aromatic N) is 5. The number of fused-ring (bicyclic) bond motifs is 2. The van der Waals surface area contributed by atoms with E-state index >= 15 is 0 Å². The summed E-state index contributed by atoms with van der Waals surface area (Å²) in [4.78, 5) is 21.8. The molecule has 2 aromatic carbocycles. The van der Waals surface area contributed by atoms with Gasteiger partial charge in [0.1, 0.15) is 12.1 Å². The minimum atomic E-state index is 0.0669. The van der Waals surface area contributed by atoms with Crippen LogP contribution in [0.4, 0.5) is 5.82 Å². The number of likely N-dealkylation sites (tertiary alicyclic amines) is 1. The van der Waals surface area contributed by atoms with E-state index in [4.69, 9.17) is 15.7 Å². The molecule has 0 radical (unpaired) electrons. The first-order chi connectivity index (χ1) is 17.2. The zero-order valence-electron chi connectivity index (χ0n) is 19.6. The van der Waals surface area contributed by atoms with Gasteiger partial charge >= 0.3 is 0 Å². The van der Waals surface area contributed by atoms with Gasteiger partial charge in [-0.05, 0) is 56.3 Å². The van der Waals surface area contributed by atoms with Crippen molar-refractivity contribution >= 4 is 22.4 Å². The maximum atomic E-state index is 6.40. The maximum Gasteiger partial charge on any atom is 0.136 e. The van der Waals surface area contributed by atoms with Crippen molar-refractivity contribution < 1.29 is 0 Å². The van der Waals surface area contributed by atoms with Crippen molar-refractivity contribution in [3.05, 3.63) is 83.8 Å². The van der Waals surface area contributed by atoms with Gasteiger partial charge < -0.3 is 10.6 Å². The molecule has 1 aliphatic carbocycles. The number of hydrogen-bond acceptors (Lipinski definition) is 6. The minimum absolute atomic E-state index is 0.0669. The summed E-state index contributed by atoms with van der Waals surface area (Å²) in [5.41, 5.74) is 13.3. The summed E-state index contributed by atoms with van der Waals surface area (Å²) in [7, 11) is 0. The third kappa shape index (κ3) is 3.60. The van der Waals surface area contributed by atoms with Crippen LogP contribution < -0.4 is 5.73 Å². The largest absolute Gasteiger partial charge is 0.383 e. The van der Waals surface area contributed by atoms with Gasteiger partial charge in [0, 0.05) is 23.1 Å². The second-order valence-corrected chi connectivity index (χ2v) is 10.2. The highest BCUT2D eigenvalue weighted by atomic mass is 15.2. The third-order valence-corrected chi connectivity index (χ3v) is 7.91. The van der Waals surface area contributed by atoms with E-state index in [1.165, 1.54) is 38.9 Å². The van der Waals surface area contributed by atoms with Gasteiger partial charge in [-0.3, -0.25) is 4.99 Å².